The van der Waals surface area contributed by atoms with Crippen LogP contribution in [0.15, 0.2) is 47.8 Å². The zero-order valence-corrected chi connectivity index (χ0v) is 18.5. The maximum Gasteiger partial charge on any atom is 0.357 e. The van der Waals surface area contributed by atoms with Gasteiger partial charge in [-0.25, -0.2) is 14.2 Å². The molecule has 0 saturated heterocycles. The van der Waals surface area contributed by atoms with Crippen molar-refractivity contribution >= 4 is 40.8 Å². The van der Waals surface area contributed by atoms with Gasteiger partial charge in [0.25, 0.3) is 0 Å². The van der Waals surface area contributed by atoms with Gasteiger partial charge in [-0.3, -0.25) is 14.2 Å². The normalized spacial score (nSPS) is 10.7. The molecule has 1 N–H and O–H groups in total. The average Bonchev–Trinajstić information content (AvgIpc) is 3.39. The largest absolute Gasteiger partial charge is 0.453 e. The Balaban J connectivity index is 1.65. The number of ether oxygens (including phenoxy) is 1. The fourth-order valence-electron chi connectivity index (χ4n) is 2.76. The Morgan fingerprint density at radius 3 is 2.61 bits per heavy atom. The minimum Gasteiger partial charge on any atom is -0.453 e. The highest BCUT2D eigenvalue weighted by molar-refractivity contribution is 7.98. The number of nitrogens with zero attached hydrogens (tertiary/aromatic N) is 2. The van der Waals surface area contributed by atoms with E-state index in [9.17, 15) is 18.8 Å². The number of imidazole rings is 1. The monoisotopic (exact) mass is 461 g/mol. The molecule has 3 aromatic rings. The number of hydrogen-bond acceptors (Lipinski definition) is 7. The summed E-state index contributed by atoms with van der Waals surface area (Å²) in [4.78, 5) is 41.6. The fraction of sp³-hybridized carbons (Fsp3) is 0.238. The molecule has 0 spiro atoms. The van der Waals surface area contributed by atoms with Gasteiger partial charge in [0.15, 0.2) is 17.5 Å². The first kappa shape index (κ1) is 22.7. The minimum atomic E-state index is -0.701. The van der Waals surface area contributed by atoms with E-state index in [0.29, 0.717) is 28.7 Å². The number of hydrogen-bond donors (Lipinski definition) is 1. The lowest BCUT2D eigenvalue weighted by Gasteiger charge is -2.10. The van der Waals surface area contributed by atoms with Gasteiger partial charge in [-0.15, -0.1) is 11.3 Å². The van der Waals surface area contributed by atoms with E-state index in [1.807, 2.05) is 6.07 Å². The number of carbonyl (C=O) groups is 3. The molecule has 2 aromatic heterocycles. The SMILES string of the molecule is CSc1ncc(C(=O)OCC(=O)c2ccc(CCNC(C)=O)s2)n1-c1ccc(F)cc1. The Morgan fingerprint density at radius 1 is 1.19 bits per heavy atom. The molecular weight excluding hydrogens is 441 g/mol. The van der Waals surface area contributed by atoms with Crippen LogP contribution in [0.25, 0.3) is 5.69 Å². The molecule has 162 valence electrons. The van der Waals surface area contributed by atoms with Gasteiger partial charge in [0, 0.05) is 24.0 Å². The molecule has 0 aliphatic carbocycles. The second-order valence-electron chi connectivity index (χ2n) is 6.44. The van der Waals surface area contributed by atoms with Gasteiger partial charge in [-0.1, -0.05) is 11.8 Å². The molecule has 1 aromatic carbocycles. The van der Waals surface area contributed by atoms with E-state index in [0.717, 1.165) is 4.88 Å². The van der Waals surface area contributed by atoms with Crippen LogP contribution in [0.2, 0.25) is 0 Å². The Labute approximate surface area is 186 Å². The third-order valence-corrected chi connectivity index (χ3v) is 6.06. The third kappa shape index (κ3) is 5.80. The standard InChI is InChI=1S/C21H20FN3O4S2/c1-13(26)23-10-9-16-7-8-19(31-16)18(27)12-29-20(28)17-11-24-21(30-2)25(17)15-5-3-14(22)4-6-15/h3-8,11H,9-10,12H2,1-2H3,(H,23,26). The lowest BCUT2D eigenvalue weighted by atomic mass is 10.3. The maximum atomic E-state index is 13.3. The number of halogens is 1. The van der Waals surface area contributed by atoms with E-state index in [1.165, 1.54) is 60.5 Å². The predicted octanol–water partition coefficient (Wildman–Crippen LogP) is 3.51. The van der Waals surface area contributed by atoms with Crippen LogP contribution in [0.3, 0.4) is 0 Å². The van der Waals surface area contributed by atoms with Crippen LogP contribution in [-0.2, 0) is 16.0 Å². The highest BCUT2D eigenvalue weighted by Crippen LogP contribution is 2.23. The van der Waals surface area contributed by atoms with Gasteiger partial charge in [0.1, 0.15) is 5.82 Å². The Morgan fingerprint density at radius 2 is 1.94 bits per heavy atom. The van der Waals surface area contributed by atoms with Crippen LogP contribution in [-0.4, -0.2) is 46.6 Å². The Bertz CT molecular complexity index is 1090. The first-order valence-electron chi connectivity index (χ1n) is 9.30. The Hall–Kier alpha value is -2.98. The number of aromatic nitrogens is 2. The van der Waals surface area contributed by atoms with E-state index in [-0.39, 0.29) is 17.4 Å². The highest BCUT2D eigenvalue weighted by Gasteiger charge is 2.21. The minimum absolute atomic E-state index is 0.107. The quantitative estimate of drug-likeness (QED) is 0.298. The van der Waals surface area contributed by atoms with Crippen LogP contribution in [0, 0.1) is 5.82 Å². The second kappa shape index (κ2) is 10.4. The third-order valence-electron chi connectivity index (χ3n) is 4.22. The summed E-state index contributed by atoms with van der Waals surface area (Å²) in [6, 6.07) is 9.14. The first-order valence-corrected chi connectivity index (χ1v) is 11.3. The molecule has 0 saturated carbocycles. The molecule has 0 radical (unpaired) electrons. The number of thiophene rings is 1. The predicted molar refractivity (Wildman–Crippen MR) is 117 cm³/mol. The molecule has 3 rings (SSSR count). The van der Waals surface area contributed by atoms with Crippen molar-refractivity contribution in [3.8, 4) is 5.69 Å². The summed E-state index contributed by atoms with van der Waals surface area (Å²) in [5.41, 5.74) is 0.703. The summed E-state index contributed by atoms with van der Waals surface area (Å²) in [5, 5.41) is 3.24. The number of rotatable bonds is 9. The smallest absolute Gasteiger partial charge is 0.357 e. The van der Waals surface area contributed by atoms with Crippen molar-refractivity contribution in [3.05, 3.63) is 63.9 Å². The summed E-state index contributed by atoms with van der Waals surface area (Å²) in [6.45, 7) is 1.53. The summed E-state index contributed by atoms with van der Waals surface area (Å²) >= 11 is 2.62. The zero-order chi connectivity index (χ0) is 22.4. The van der Waals surface area contributed by atoms with Gasteiger partial charge in [0.05, 0.1) is 11.1 Å². The molecule has 0 bridgehead atoms. The number of esters is 1. The fourth-order valence-corrected chi connectivity index (χ4v) is 4.24. The van der Waals surface area contributed by atoms with Gasteiger partial charge in [0.2, 0.25) is 11.7 Å². The average molecular weight is 462 g/mol. The number of Topliss-reactive ketones (excluding diaryl/α,β-unsaturated/α-hetero) is 1. The number of thioether (sulfide) groups is 1. The van der Waals surface area contributed by atoms with Crippen molar-refractivity contribution in [2.24, 2.45) is 0 Å². The van der Waals surface area contributed by atoms with E-state index in [1.54, 1.807) is 16.9 Å². The summed E-state index contributed by atoms with van der Waals surface area (Å²) in [6.07, 6.45) is 3.79. The van der Waals surface area contributed by atoms with E-state index in [2.05, 4.69) is 10.3 Å². The number of benzene rings is 1. The molecule has 0 aliphatic heterocycles. The molecule has 2 heterocycles. The summed E-state index contributed by atoms with van der Waals surface area (Å²) in [7, 11) is 0. The summed E-state index contributed by atoms with van der Waals surface area (Å²) < 4.78 is 20.1. The van der Waals surface area contributed by atoms with Gasteiger partial charge in [-0.05, 0) is 49.1 Å². The van der Waals surface area contributed by atoms with Crippen molar-refractivity contribution in [2.45, 2.75) is 18.5 Å². The molecule has 0 atom stereocenters. The van der Waals surface area contributed by atoms with Crippen LogP contribution >= 0.6 is 23.1 Å². The van der Waals surface area contributed by atoms with Crippen LogP contribution in [0.4, 0.5) is 4.39 Å². The van der Waals surface area contributed by atoms with Crippen molar-refractivity contribution in [2.75, 3.05) is 19.4 Å². The summed E-state index contributed by atoms with van der Waals surface area (Å²) in [5.74, 6) is -1.52. The molecule has 7 nitrogen and oxygen atoms in total. The van der Waals surface area contributed by atoms with Gasteiger partial charge in [-0.2, -0.15) is 0 Å². The van der Waals surface area contributed by atoms with Gasteiger partial charge < -0.3 is 10.1 Å². The van der Waals surface area contributed by atoms with Crippen molar-refractivity contribution in [1.82, 2.24) is 14.9 Å². The van der Waals surface area contributed by atoms with Gasteiger partial charge >= 0.3 is 5.97 Å². The van der Waals surface area contributed by atoms with Crippen molar-refractivity contribution in [3.63, 3.8) is 0 Å². The molecule has 31 heavy (non-hydrogen) atoms. The topological polar surface area (TPSA) is 90.3 Å². The van der Waals surface area contributed by atoms with Crippen LogP contribution < -0.4 is 5.32 Å². The number of ketones is 1. The molecule has 0 aliphatic rings. The molecule has 1 amide bonds. The molecule has 0 unspecified atom stereocenters. The van der Waals surface area contributed by atoms with E-state index < -0.39 is 18.4 Å². The maximum absolute atomic E-state index is 13.3. The lowest BCUT2D eigenvalue weighted by molar-refractivity contribution is -0.118. The van der Waals surface area contributed by atoms with E-state index >= 15 is 0 Å². The van der Waals surface area contributed by atoms with Crippen LogP contribution in [0.5, 0.6) is 0 Å². The molecule has 10 heteroatoms. The highest BCUT2D eigenvalue weighted by atomic mass is 32.2. The molecular formula is C21H20FN3O4S2. The zero-order valence-electron chi connectivity index (χ0n) is 16.9. The number of amides is 1. The number of carbonyl (C=O) groups excluding carboxylic acids is 3. The van der Waals surface area contributed by atoms with Crippen molar-refractivity contribution in [1.29, 1.82) is 0 Å². The second-order valence-corrected chi connectivity index (χ2v) is 8.38. The van der Waals surface area contributed by atoms with E-state index in [4.69, 9.17) is 4.74 Å². The number of nitrogens with one attached hydrogen (secondary N) is 1. The molecule has 0 fully saturated rings. The first-order chi connectivity index (χ1) is 14.9. The Kier molecular flexibility index (Phi) is 7.59. The van der Waals surface area contributed by atoms with Crippen LogP contribution in [0.1, 0.15) is 32.0 Å². The lowest BCUT2D eigenvalue weighted by Crippen LogP contribution is -2.22. The van der Waals surface area contributed by atoms with Crippen molar-refractivity contribution < 1.29 is 23.5 Å².